The van der Waals surface area contributed by atoms with Gasteiger partial charge in [-0.1, -0.05) is 11.6 Å². The van der Waals surface area contributed by atoms with Crippen LogP contribution in [0.5, 0.6) is 0 Å². The van der Waals surface area contributed by atoms with Gasteiger partial charge in [0.25, 0.3) is 5.91 Å². The quantitative estimate of drug-likeness (QED) is 0.610. The number of carbonyl (C=O) groups is 1. The number of amides is 1. The van der Waals surface area contributed by atoms with Crippen molar-refractivity contribution in [1.82, 2.24) is 9.62 Å². The van der Waals surface area contributed by atoms with Crippen LogP contribution in [0.2, 0.25) is 5.02 Å². The van der Waals surface area contributed by atoms with Gasteiger partial charge in [0.05, 0.1) is 28.1 Å². The van der Waals surface area contributed by atoms with Gasteiger partial charge in [-0.05, 0) is 31.4 Å². The zero-order valence-corrected chi connectivity index (χ0v) is 19.5. The minimum Gasteiger partial charge on any atom is -0.371 e. The number of benzene rings is 1. The average molecular weight is 518 g/mol. The van der Waals surface area contributed by atoms with Crippen LogP contribution in [0.4, 0.5) is 27.6 Å². The van der Waals surface area contributed by atoms with Gasteiger partial charge in [0, 0.05) is 45.1 Å². The lowest BCUT2D eigenvalue weighted by atomic mass is 10.0. The highest BCUT2D eigenvalue weighted by molar-refractivity contribution is 7.88. The number of sulfonamides is 1. The molecule has 2 aliphatic heterocycles. The van der Waals surface area contributed by atoms with Crippen molar-refractivity contribution in [3.05, 3.63) is 28.3 Å². The third-order valence-corrected chi connectivity index (χ3v) is 7.57. The number of hydrogen-bond donors (Lipinski definition) is 1. The lowest BCUT2D eigenvalue weighted by molar-refractivity contribution is -0.137. The van der Waals surface area contributed by atoms with Gasteiger partial charge >= 0.3 is 6.18 Å². The number of piperidine rings is 1. The van der Waals surface area contributed by atoms with Gasteiger partial charge in [0.1, 0.15) is 0 Å². The molecule has 3 rings (SSSR count). The van der Waals surface area contributed by atoms with E-state index in [1.807, 2.05) is 0 Å². The van der Waals surface area contributed by atoms with E-state index in [-0.39, 0.29) is 50.3 Å². The molecular formula is C20H25ClF5N3O3S. The van der Waals surface area contributed by atoms with Gasteiger partial charge in [0.2, 0.25) is 15.9 Å². The molecule has 186 valence electrons. The fourth-order valence-corrected chi connectivity index (χ4v) is 5.27. The predicted molar refractivity (Wildman–Crippen MR) is 114 cm³/mol. The van der Waals surface area contributed by atoms with E-state index in [1.54, 1.807) is 0 Å². The van der Waals surface area contributed by atoms with Crippen molar-refractivity contribution in [3.63, 3.8) is 0 Å². The molecule has 6 nitrogen and oxygen atoms in total. The summed E-state index contributed by atoms with van der Waals surface area (Å²) >= 11 is 5.85. The van der Waals surface area contributed by atoms with E-state index in [2.05, 4.69) is 5.32 Å². The zero-order chi connectivity index (χ0) is 24.6. The second kappa shape index (κ2) is 9.53. The normalized spacial score (nSPS) is 21.0. The van der Waals surface area contributed by atoms with Crippen molar-refractivity contribution in [2.75, 3.05) is 37.3 Å². The number of alkyl halides is 5. The van der Waals surface area contributed by atoms with Crippen LogP contribution in [-0.2, 0) is 16.2 Å². The Kier molecular flexibility index (Phi) is 7.50. The molecule has 0 atom stereocenters. The minimum absolute atomic E-state index is 0.0575. The monoisotopic (exact) mass is 517 g/mol. The second-order valence-corrected chi connectivity index (χ2v) is 10.8. The van der Waals surface area contributed by atoms with Gasteiger partial charge in [-0.3, -0.25) is 4.79 Å². The highest BCUT2D eigenvalue weighted by atomic mass is 35.5. The Labute approximate surface area is 194 Å². The number of hydrogen-bond acceptors (Lipinski definition) is 4. The summed E-state index contributed by atoms with van der Waals surface area (Å²) in [4.78, 5) is 14.4. The molecule has 1 amide bonds. The first-order chi connectivity index (χ1) is 15.2. The first-order valence-electron chi connectivity index (χ1n) is 10.5. The van der Waals surface area contributed by atoms with Gasteiger partial charge in [0.15, 0.2) is 0 Å². The standard InChI is InChI=1S/C20H25ClF5N3O3S/c1-33(31,32)29-8-3-13(4-9-29)27-18(30)14-11-16(21)15(20(24,25)26)12-17(14)28-7-2-5-19(22,23)6-10-28/h11-13H,2-10H2,1H3,(H,27,30). The summed E-state index contributed by atoms with van der Waals surface area (Å²) in [7, 11) is -3.36. The van der Waals surface area contributed by atoms with E-state index in [1.165, 1.54) is 9.21 Å². The molecule has 0 radical (unpaired) electrons. The van der Waals surface area contributed by atoms with Crippen molar-refractivity contribution in [2.24, 2.45) is 0 Å². The van der Waals surface area contributed by atoms with E-state index < -0.39 is 51.1 Å². The van der Waals surface area contributed by atoms with Crippen LogP contribution in [0.25, 0.3) is 0 Å². The smallest absolute Gasteiger partial charge is 0.371 e. The summed E-state index contributed by atoms with van der Waals surface area (Å²) in [6, 6.07) is 1.27. The van der Waals surface area contributed by atoms with Crippen molar-refractivity contribution >= 4 is 33.2 Å². The second-order valence-electron chi connectivity index (χ2n) is 8.45. The van der Waals surface area contributed by atoms with E-state index >= 15 is 0 Å². The lowest BCUT2D eigenvalue weighted by Crippen LogP contribution is -2.46. The summed E-state index contributed by atoms with van der Waals surface area (Å²) in [5, 5.41) is 2.07. The fraction of sp³-hybridized carbons (Fsp3) is 0.650. The first kappa shape index (κ1) is 26.0. The first-order valence-corrected chi connectivity index (χ1v) is 12.7. The van der Waals surface area contributed by atoms with E-state index in [0.717, 1.165) is 18.4 Å². The third-order valence-electron chi connectivity index (χ3n) is 5.95. The molecule has 0 bridgehead atoms. The maximum atomic E-state index is 13.8. The molecular weight excluding hydrogens is 493 g/mol. The zero-order valence-electron chi connectivity index (χ0n) is 17.9. The average Bonchev–Trinajstić information content (AvgIpc) is 2.87. The van der Waals surface area contributed by atoms with Gasteiger partial charge in [-0.25, -0.2) is 21.5 Å². The largest absolute Gasteiger partial charge is 0.417 e. The topological polar surface area (TPSA) is 69.7 Å². The number of carbonyl (C=O) groups excluding carboxylic acids is 1. The van der Waals surface area contributed by atoms with Crippen molar-refractivity contribution in [3.8, 4) is 0 Å². The molecule has 1 N–H and O–H groups in total. The van der Waals surface area contributed by atoms with E-state index in [9.17, 15) is 35.2 Å². The van der Waals surface area contributed by atoms with Crippen LogP contribution < -0.4 is 10.2 Å². The molecule has 1 aromatic carbocycles. The number of nitrogens with zero attached hydrogens (tertiary/aromatic N) is 2. The molecule has 33 heavy (non-hydrogen) atoms. The van der Waals surface area contributed by atoms with Crippen molar-refractivity contribution in [2.45, 2.75) is 50.2 Å². The molecule has 0 spiro atoms. The van der Waals surface area contributed by atoms with E-state index in [4.69, 9.17) is 11.6 Å². The summed E-state index contributed by atoms with van der Waals surface area (Å²) in [5.41, 5.74) is -1.38. The van der Waals surface area contributed by atoms with Crippen LogP contribution in [0.15, 0.2) is 12.1 Å². The summed E-state index contributed by atoms with van der Waals surface area (Å²) in [5.74, 6) is -3.61. The van der Waals surface area contributed by atoms with Crippen LogP contribution in [0.3, 0.4) is 0 Å². The summed E-state index contributed by atoms with van der Waals surface area (Å²) in [6.07, 6.45) is -3.90. The Morgan fingerprint density at radius 3 is 2.33 bits per heavy atom. The minimum atomic E-state index is -4.78. The molecule has 0 unspecified atom stereocenters. The molecule has 2 saturated heterocycles. The molecule has 0 aliphatic carbocycles. The third kappa shape index (κ3) is 6.48. The molecule has 0 aromatic heterocycles. The number of anilines is 1. The molecule has 0 saturated carbocycles. The van der Waals surface area contributed by atoms with Crippen LogP contribution in [-0.4, -0.2) is 63.0 Å². The summed E-state index contributed by atoms with van der Waals surface area (Å²) in [6.45, 7) is 0.262. The Balaban J connectivity index is 1.87. The number of halogens is 6. The maximum absolute atomic E-state index is 13.8. The Hall–Kier alpha value is -1.66. The fourth-order valence-electron chi connectivity index (χ4n) is 4.12. The molecule has 1 aromatic rings. The lowest BCUT2D eigenvalue weighted by Gasteiger charge is -2.31. The van der Waals surface area contributed by atoms with Crippen molar-refractivity contribution in [1.29, 1.82) is 0 Å². The van der Waals surface area contributed by atoms with Gasteiger partial charge < -0.3 is 10.2 Å². The SMILES string of the molecule is CS(=O)(=O)N1CCC(NC(=O)c2cc(Cl)c(C(F)(F)F)cc2N2CCCC(F)(F)CC2)CC1. The molecule has 2 aliphatic rings. The van der Waals surface area contributed by atoms with Crippen LogP contribution in [0.1, 0.15) is 48.0 Å². The van der Waals surface area contributed by atoms with Crippen LogP contribution >= 0.6 is 11.6 Å². The highest BCUT2D eigenvalue weighted by Gasteiger charge is 2.37. The molecule has 2 fully saturated rings. The Morgan fingerprint density at radius 1 is 1.12 bits per heavy atom. The summed E-state index contributed by atoms with van der Waals surface area (Å²) < 4.78 is 92.6. The van der Waals surface area contributed by atoms with Crippen molar-refractivity contribution < 1.29 is 35.2 Å². The Bertz CT molecular complexity index is 995. The highest BCUT2D eigenvalue weighted by Crippen LogP contribution is 2.40. The number of nitrogens with one attached hydrogen (secondary N) is 1. The number of rotatable bonds is 4. The van der Waals surface area contributed by atoms with Crippen LogP contribution in [0, 0.1) is 0 Å². The Morgan fingerprint density at radius 2 is 1.76 bits per heavy atom. The van der Waals surface area contributed by atoms with Gasteiger partial charge in [-0.2, -0.15) is 13.2 Å². The van der Waals surface area contributed by atoms with E-state index in [0.29, 0.717) is 12.8 Å². The molecule has 13 heteroatoms. The maximum Gasteiger partial charge on any atom is 0.417 e. The van der Waals surface area contributed by atoms with Gasteiger partial charge in [-0.15, -0.1) is 0 Å². The predicted octanol–water partition coefficient (Wildman–Crippen LogP) is 4.14. The molecule has 2 heterocycles.